The Morgan fingerprint density at radius 2 is 1.73 bits per heavy atom. The Bertz CT molecular complexity index is 898. The molecule has 0 spiro atoms. The molecule has 1 amide bonds. The number of anilines is 2. The maximum absolute atomic E-state index is 12.5. The van der Waals surface area contributed by atoms with Crippen LogP contribution in [0, 0.1) is 0 Å². The van der Waals surface area contributed by atoms with E-state index in [9.17, 15) is 4.79 Å². The van der Waals surface area contributed by atoms with Crippen LogP contribution >= 0.6 is 23.2 Å². The zero-order valence-electron chi connectivity index (χ0n) is 13.9. The Balaban J connectivity index is 1.73. The van der Waals surface area contributed by atoms with E-state index in [0.29, 0.717) is 15.7 Å². The van der Waals surface area contributed by atoms with Gasteiger partial charge in [-0.1, -0.05) is 53.5 Å². The molecule has 2 N–H and O–H groups in total. The number of nitrogens with zero attached hydrogens (tertiary/aromatic N) is 2. The number of hydrogen-bond donors (Lipinski definition) is 2. The SMILES string of the molecule is CC(NC(=O)c1ccnc(Nc2cc(Cl)cc(Cl)c2)n1)c1ccccc1. The highest BCUT2D eigenvalue weighted by Gasteiger charge is 2.13. The van der Waals surface area contributed by atoms with Crippen molar-refractivity contribution in [2.45, 2.75) is 13.0 Å². The first-order chi connectivity index (χ1) is 12.5. The summed E-state index contributed by atoms with van der Waals surface area (Å²) >= 11 is 12.0. The zero-order valence-corrected chi connectivity index (χ0v) is 15.4. The highest BCUT2D eigenvalue weighted by atomic mass is 35.5. The van der Waals surface area contributed by atoms with Gasteiger partial charge in [-0.25, -0.2) is 9.97 Å². The third kappa shape index (κ3) is 4.71. The van der Waals surface area contributed by atoms with Crippen LogP contribution in [0.15, 0.2) is 60.8 Å². The van der Waals surface area contributed by atoms with Crippen LogP contribution in [0.4, 0.5) is 11.6 Å². The molecule has 0 saturated carbocycles. The standard InChI is InChI=1S/C19H16Cl2N4O/c1-12(13-5-3-2-4-6-13)23-18(26)17-7-8-22-19(25-17)24-16-10-14(20)9-15(21)11-16/h2-12H,1H3,(H,23,26)(H,22,24,25). The van der Waals surface area contributed by atoms with Gasteiger partial charge in [0.05, 0.1) is 6.04 Å². The van der Waals surface area contributed by atoms with Crippen LogP contribution in [0.2, 0.25) is 10.0 Å². The molecule has 2 aromatic carbocycles. The number of benzene rings is 2. The van der Waals surface area contributed by atoms with E-state index in [2.05, 4.69) is 20.6 Å². The molecule has 0 radical (unpaired) electrons. The second-order valence-corrected chi connectivity index (χ2v) is 6.53. The van der Waals surface area contributed by atoms with Crippen molar-refractivity contribution in [2.75, 3.05) is 5.32 Å². The fourth-order valence-electron chi connectivity index (χ4n) is 2.40. The number of carbonyl (C=O) groups is 1. The van der Waals surface area contributed by atoms with E-state index < -0.39 is 0 Å². The summed E-state index contributed by atoms with van der Waals surface area (Å²) in [4.78, 5) is 20.8. The summed E-state index contributed by atoms with van der Waals surface area (Å²) in [5.74, 6) is -0.000669. The van der Waals surface area contributed by atoms with Crippen molar-refractivity contribution in [3.63, 3.8) is 0 Å². The first-order valence-electron chi connectivity index (χ1n) is 7.93. The fourth-order valence-corrected chi connectivity index (χ4v) is 2.92. The van der Waals surface area contributed by atoms with Crippen molar-refractivity contribution in [2.24, 2.45) is 0 Å². The molecule has 7 heteroatoms. The van der Waals surface area contributed by atoms with Gasteiger partial charge in [-0.15, -0.1) is 0 Å². The van der Waals surface area contributed by atoms with Gasteiger partial charge in [0.1, 0.15) is 5.69 Å². The highest BCUT2D eigenvalue weighted by molar-refractivity contribution is 6.35. The second-order valence-electron chi connectivity index (χ2n) is 5.65. The lowest BCUT2D eigenvalue weighted by molar-refractivity contribution is 0.0935. The summed E-state index contributed by atoms with van der Waals surface area (Å²) < 4.78 is 0. The van der Waals surface area contributed by atoms with E-state index in [-0.39, 0.29) is 23.6 Å². The molecule has 0 bridgehead atoms. The minimum Gasteiger partial charge on any atom is -0.344 e. The normalized spacial score (nSPS) is 11.7. The lowest BCUT2D eigenvalue weighted by Crippen LogP contribution is -2.27. The number of nitrogens with one attached hydrogen (secondary N) is 2. The molecule has 1 unspecified atom stereocenters. The summed E-state index contributed by atoms with van der Waals surface area (Å²) in [5.41, 5.74) is 1.91. The number of aromatic nitrogens is 2. The highest BCUT2D eigenvalue weighted by Crippen LogP contribution is 2.24. The Hall–Kier alpha value is -2.63. The minimum absolute atomic E-state index is 0.137. The molecule has 0 aliphatic rings. The van der Waals surface area contributed by atoms with E-state index in [0.717, 1.165) is 5.56 Å². The molecule has 3 aromatic rings. The van der Waals surface area contributed by atoms with Crippen molar-refractivity contribution in [3.8, 4) is 0 Å². The Kier molecular flexibility index (Phi) is 5.71. The summed E-state index contributed by atoms with van der Waals surface area (Å²) in [7, 11) is 0. The number of halogens is 2. The first-order valence-corrected chi connectivity index (χ1v) is 8.69. The van der Waals surface area contributed by atoms with Gasteiger partial charge >= 0.3 is 0 Å². The summed E-state index contributed by atoms with van der Waals surface area (Å²) in [6, 6.07) is 16.2. The molecule has 5 nitrogen and oxygen atoms in total. The van der Waals surface area contributed by atoms with Crippen molar-refractivity contribution in [1.29, 1.82) is 0 Å². The monoisotopic (exact) mass is 386 g/mol. The molecule has 1 heterocycles. The van der Waals surface area contributed by atoms with Crippen LogP contribution in [-0.2, 0) is 0 Å². The molecular weight excluding hydrogens is 371 g/mol. The Morgan fingerprint density at radius 1 is 1.04 bits per heavy atom. The predicted octanol–water partition coefficient (Wildman–Crippen LogP) is 5.02. The topological polar surface area (TPSA) is 66.9 Å². The Labute approximate surface area is 161 Å². The molecule has 0 aliphatic heterocycles. The van der Waals surface area contributed by atoms with Crippen LogP contribution in [0.3, 0.4) is 0 Å². The van der Waals surface area contributed by atoms with Gasteiger partial charge < -0.3 is 10.6 Å². The van der Waals surface area contributed by atoms with Gasteiger partial charge in [0.25, 0.3) is 5.91 Å². The smallest absolute Gasteiger partial charge is 0.270 e. The lowest BCUT2D eigenvalue weighted by Gasteiger charge is -2.14. The zero-order chi connectivity index (χ0) is 18.5. The van der Waals surface area contributed by atoms with Crippen molar-refractivity contribution >= 4 is 40.7 Å². The maximum atomic E-state index is 12.5. The van der Waals surface area contributed by atoms with E-state index in [4.69, 9.17) is 23.2 Å². The van der Waals surface area contributed by atoms with Gasteiger partial charge in [0.15, 0.2) is 0 Å². The lowest BCUT2D eigenvalue weighted by atomic mass is 10.1. The molecule has 3 rings (SSSR count). The molecular formula is C19H16Cl2N4O. The molecule has 1 atom stereocenters. The van der Waals surface area contributed by atoms with Crippen LogP contribution < -0.4 is 10.6 Å². The van der Waals surface area contributed by atoms with Crippen LogP contribution in [0.25, 0.3) is 0 Å². The second kappa shape index (κ2) is 8.17. The fraction of sp³-hybridized carbons (Fsp3) is 0.105. The average Bonchev–Trinajstić information content (AvgIpc) is 2.61. The van der Waals surface area contributed by atoms with Gasteiger partial charge in [-0.05, 0) is 36.8 Å². The third-order valence-corrected chi connectivity index (χ3v) is 4.09. The Morgan fingerprint density at radius 3 is 2.42 bits per heavy atom. The molecule has 0 fully saturated rings. The van der Waals surface area contributed by atoms with Crippen molar-refractivity contribution < 1.29 is 4.79 Å². The predicted molar refractivity (Wildman–Crippen MR) is 104 cm³/mol. The van der Waals surface area contributed by atoms with E-state index in [1.165, 1.54) is 6.20 Å². The van der Waals surface area contributed by atoms with Gasteiger partial charge in [0, 0.05) is 21.9 Å². The van der Waals surface area contributed by atoms with Gasteiger partial charge in [-0.3, -0.25) is 4.79 Å². The molecule has 1 aromatic heterocycles. The van der Waals surface area contributed by atoms with E-state index >= 15 is 0 Å². The third-order valence-electron chi connectivity index (χ3n) is 3.65. The van der Waals surface area contributed by atoms with Crippen LogP contribution in [0.5, 0.6) is 0 Å². The van der Waals surface area contributed by atoms with Gasteiger partial charge in [-0.2, -0.15) is 0 Å². The maximum Gasteiger partial charge on any atom is 0.270 e. The first kappa shape index (κ1) is 18.2. The summed E-state index contributed by atoms with van der Waals surface area (Å²) in [5, 5.41) is 6.90. The number of rotatable bonds is 5. The average molecular weight is 387 g/mol. The number of amides is 1. The van der Waals surface area contributed by atoms with Crippen molar-refractivity contribution in [3.05, 3.63) is 82.1 Å². The number of hydrogen-bond acceptors (Lipinski definition) is 4. The van der Waals surface area contributed by atoms with Gasteiger partial charge in [0.2, 0.25) is 5.95 Å². The van der Waals surface area contributed by atoms with E-state index in [1.54, 1.807) is 24.3 Å². The van der Waals surface area contributed by atoms with Crippen molar-refractivity contribution in [1.82, 2.24) is 15.3 Å². The summed E-state index contributed by atoms with van der Waals surface area (Å²) in [6.45, 7) is 1.92. The summed E-state index contributed by atoms with van der Waals surface area (Å²) in [6.07, 6.45) is 1.52. The molecule has 132 valence electrons. The van der Waals surface area contributed by atoms with Crippen LogP contribution in [0.1, 0.15) is 29.0 Å². The largest absolute Gasteiger partial charge is 0.344 e. The number of carbonyl (C=O) groups excluding carboxylic acids is 1. The quantitative estimate of drug-likeness (QED) is 0.645. The van der Waals surface area contributed by atoms with Crippen LogP contribution in [-0.4, -0.2) is 15.9 Å². The molecule has 0 saturated heterocycles. The minimum atomic E-state index is -0.282. The molecule has 0 aliphatic carbocycles. The van der Waals surface area contributed by atoms with E-state index in [1.807, 2.05) is 37.3 Å². The molecule has 26 heavy (non-hydrogen) atoms.